The van der Waals surface area contributed by atoms with Gasteiger partial charge in [0.25, 0.3) is 0 Å². The molecular weight excluding hydrogens is 264 g/mol. The van der Waals surface area contributed by atoms with Crippen LogP contribution in [0.5, 0.6) is 0 Å². The van der Waals surface area contributed by atoms with Crippen molar-refractivity contribution >= 4 is 23.7 Å². The van der Waals surface area contributed by atoms with Crippen molar-refractivity contribution in [1.29, 1.82) is 0 Å². The number of ether oxygens (including phenoxy) is 1. The summed E-state index contributed by atoms with van der Waals surface area (Å²) in [6, 6.07) is -1.04. The van der Waals surface area contributed by atoms with E-state index in [4.69, 9.17) is 0 Å². The molecule has 0 aromatic heterocycles. The van der Waals surface area contributed by atoms with E-state index in [9.17, 15) is 19.2 Å². The van der Waals surface area contributed by atoms with Gasteiger partial charge in [-0.05, 0) is 5.41 Å². The quantitative estimate of drug-likeness (QED) is 0.572. The lowest BCUT2D eigenvalue weighted by Crippen LogP contribution is -2.54. The summed E-state index contributed by atoms with van der Waals surface area (Å²) in [5.74, 6) is -1.81. The van der Waals surface area contributed by atoms with Gasteiger partial charge in [0.05, 0.1) is 13.7 Å². The molecule has 1 aliphatic rings. The topological polar surface area (TPSA) is 92.8 Å². The van der Waals surface area contributed by atoms with Gasteiger partial charge in [0.1, 0.15) is 6.04 Å². The summed E-state index contributed by atoms with van der Waals surface area (Å²) in [7, 11) is 1.18. The van der Waals surface area contributed by atoms with Crippen molar-refractivity contribution in [1.82, 2.24) is 10.2 Å². The smallest absolute Gasteiger partial charge is 0.330 e. The molecule has 1 heterocycles. The number of amides is 3. The fourth-order valence-electron chi connectivity index (χ4n) is 2.16. The molecule has 0 aromatic carbocycles. The number of methoxy groups -OCH3 is 1. The molecule has 1 saturated heterocycles. The van der Waals surface area contributed by atoms with Crippen molar-refractivity contribution in [3.63, 3.8) is 0 Å². The van der Waals surface area contributed by atoms with Crippen LogP contribution in [0.3, 0.4) is 0 Å². The number of piperidine rings is 1. The number of nitrogens with one attached hydrogen (secondary N) is 1. The Hall–Kier alpha value is -1.92. The first kappa shape index (κ1) is 16.1. The van der Waals surface area contributed by atoms with Crippen LogP contribution in [-0.2, 0) is 23.9 Å². The molecule has 3 amide bonds. The van der Waals surface area contributed by atoms with Crippen LogP contribution >= 0.6 is 0 Å². The number of imide groups is 1. The molecule has 0 radical (unpaired) electrons. The van der Waals surface area contributed by atoms with Crippen LogP contribution in [-0.4, -0.2) is 48.3 Å². The summed E-state index contributed by atoms with van der Waals surface area (Å²) in [6.45, 7) is 4.73. The minimum atomic E-state index is -1.04. The first-order valence-electron chi connectivity index (χ1n) is 6.34. The molecule has 1 aliphatic heterocycles. The summed E-state index contributed by atoms with van der Waals surface area (Å²) in [4.78, 5) is 47.7. The Morgan fingerprint density at radius 3 is 2.20 bits per heavy atom. The molecule has 0 saturated carbocycles. The molecule has 1 fully saturated rings. The number of rotatable bonds is 4. The zero-order chi connectivity index (χ0) is 15.5. The molecular formula is C13H20N2O5. The number of hydrogen-bond donors (Lipinski definition) is 1. The lowest BCUT2D eigenvalue weighted by Gasteiger charge is -2.35. The molecule has 112 valence electrons. The normalized spacial score (nSPS) is 19.5. The van der Waals surface area contributed by atoms with Crippen LogP contribution in [0.4, 0.5) is 0 Å². The maximum atomic E-state index is 12.0. The van der Waals surface area contributed by atoms with Gasteiger partial charge in [-0.1, -0.05) is 13.8 Å². The van der Waals surface area contributed by atoms with E-state index in [1.807, 2.05) is 13.8 Å². The van der Waals surface area contributed by atoms with Crippen LogP contribution in [0, 0.1) is 5.41 Å². The number of carbonyl (C=O) groups is 4. The lowest BCUT2D eigenvalue weighted by atomic mass is 9.81. The Morgan fingerprint density at radius 1 is 1.30 bits per heavy atom. The van der Waals surface area contributed by atoms with Crippen LogP contribution in [0.1, 0.15) is 33.6 Å². The standard InChI is InChI=1S/C13H20N2O5/c1-8(16)14-9(12(19)20-4)7-15-10(17)5-13(2,3)6-11(15)18/h9H,5-7H2,1-4H3,(H,14,16). The number of esters is 1. The Bertz CT molecular complexity index is 424. The second-order valence-electron chi connectivity index (χ2n) is 5.69. The monoisotopic (exact) mass is 284 g/mol. The zero-order valence-corrected chi connectivity index (χ0v) is 12.2. The Balaban J connectivity index is 2.82. The SMILES string of the molecule is COC(=O)C(CN1C(=O)CC(C)(C)CC1=O)NC(C)=O. The van der Waals surface area contributed by atoms with Gasteiger partial charge in [0.2, 0.25) is 17.7 Å². The summed E-state index contributed by atoms with van der Waals surface area (Å²) in [5.41, 5.74) is -0.376. The van der Waals surface area contributed by atoms with E-state index in [-0.39, 0.29) is 36.6 Å². The van der Waals surface area contributed by atoms with Crippen molar-refractivity contribution in [2.45, 2.75) is 39.7 Å². The van der Waals surface area contributed by atoms with E-state index in [2.05, 4.69) is 10.1 Å². The first-order valence-corrected chi connectivity index (χ1v) is 6.34. The van der Waals surface area contributed by atoms with E-state index in [0.29, 0.717) is 0 Å². The van der Waals surface area contributed by atoms with Gasteiger partial charge in [0, 0.05) is 19.8 Å². The fraction of sp³-hybridized carbons (Fsp3) is 0.692. The highest BCUT2D eigenvalue weighted by molar-refractivity contribution is 5.99. The molecule has 1 rings (SSSR count). The van der Waals surface area contributed by atoms with Gasteiger partial charge in [-0.3, -0.25) is 19.3 Å². The molecule has 7 heteroatoms. The maximum absolute atomic E-state index is 12.0. The van der Waals surface area contributed by atoms with Gasteiger partial charge in [-0.15, -0.1) is 0 Å². The molecule has 1 atom stereocenters. The maximum Gasteiger partial charge on any atom is 0.330 e. The van der Waals surface area contributed by atoms with E-state index >= 15 is 0 Å². The average Bonchev–Trinajstić information content (AvgIpc) is 2.29. The highest BCUT2D eigenvalue weighted by Gasteiger charge is 2.39. The summed E-state index contributed by atoms with van der Waals surface area (Å²) < 4.78 is 4.56. The molecule has 20 heavy (non-hydrogen) atoms. The van der Waals surface area contributed by atoms with Gasteiger partial charge in [-0.2, -0.15) is 0 Å². The molecule has 0 aromatic rings. The summed E-state index contributed by atoms with van der Waals surface area (Å²) in [5, 5.41) is 2.38. The molecule has 0 aliphatic carbocycles. The first-order chi connectivity index (χ1) is 9.16. The van der Waals surface area contributed by atoms with Gasteiger partial charge >= 0.3 is 5.97 Å². The van der Waals surface area contributed by atoms with Crippen molar-refractivity contribution < 1.29 is 23.9 Å². The predicted octanol–water partition coefficient (Wildman–Crippen LogP) is -0.161. The van der Waals surface area contributed by atoms with Gasteiger partial charge in [0.15, 0.2) is 0 Å². The van der Waals surface area contributed by atoms with E-state index in [1.165, 1.54) is 14.0 Å². The Labute approximate surface area is 117 Å². The molecule has 7 nitrogen and oxygen atoms in total. The third-order valence-corrected chi connectivity index (χ3v) is 3.09. The molecule has 0 spiro atoms. The van der Waals surface area contributed by atoms with Gasteiger partial charge in [-0.25, -0.2) is 4.79 Å². The molecule has 0 bridgehead atoms. The average molecular weight is 284 g/mol. The minimum Gasteiger partial charge on any atom is -0.467 e. The third kappa shape index (κ3) is 4.04. The second kappa shape index (κ2) is 6.02. The number of hydrogen-bond acceptors (Lipinski definition) is 5. The highest BCUT2D eigenvalue weighted by atomic mass is 16.5. The van der Waals surface area contributed by atoms with Gasteiger partial charge < -0.3 is 10.1 Å². The van der Waals surface area contributed by atoms with Crippen molar-refractivity contribution in [3.05, 3.63) is 0 Å². The minimum absolute atomic E-state index is 0.194. The zero-order valence-electron chi connectivity index (χ0n) is 12.2. The van der Waals surface area contributed by atoms with Crippen LogP contribution in [0.2, 0.25) is 0 Å². The lowest BCUT2D eigenvalue weighted by molar-refractivity contribution is -0.155. The largest absolute Gasteiger partial charge is 0.467 e. The highest BCUT2D eigenvalue weighted by Crippen LogP contribution is 2.31. The van der Waals surface area contributed by atoms with Crippen LogP contribution in [0.15, 0.2) is 0 Å². The Morgan fingerprint density at radius 2 is 1.80 bits per heavy atom. The van der Waals surface area contributed by atoms with Crippen molar-refractivity contribution in [2.75, 3.05) is 13.7 Å². The van der Waals surface area contributed by atoms with Crippen molar-refractivity contribution in [3.8, 4) is 0 Å². The van der Waals surface area contributed by atoms with E-state index in [0.717, 1.165) is 4.90 Å². The predicted molar refractivity (Wildman–Crippen MR) is 69.4 cm³/mol. The van der Waals surface area contributed by atoms with Crippen LogP contribution in [0.25, 0.3) is 0 Å². The third-order valence-electron chi connectivity index (χ3n) is 3.09. The molecule has 1 unspecified atom stereocenters. The van der Waals surface area contributed by atoms with Crippen molar-refractivity contribution in [2.24, 2.45) is 5.41 Å². The van der Waals surface area contributed by atoms with Crippen LogP contribution < -0.4 is 5.32 Å². The second-order valence-corrected chi connectivity index (χ2v) is 5.69. The Kier molecular flexibility index (Phi) is 4.86. The summed E-state index contributed by atoms with van der Waals surface area (Å²) >= 11 is 0. The van der Waals surface area contributed by atoms with E-state index < -0.39 is 17.9 Å². The fourth-order valence-corrected chi connectivity index (χ4v) is 2.16. The van der Waals surface area contributed by atoms with E-state index in [1.54, 1.807) is 0 Å². The summed E-state index contributed by atoms with van der Waals surface area (Å²) in [6.07, 6.45) is 0.458. The number of carbonyl (C=O) groups excluding carboxylic acids is 4. The molecule has 1 N–H and O–H groups in total. The number of nitrogens with zero attached hydrogens (tertiary/aromatic N) is 1. The number of likely N-dealkylation sites (tertiary alicyclic amines) is 1.